The summed E-state index contributed by atoms with van der Waals surface area (Å²) in [4.78, 5) is 17.3. The highest BCUT2D eigenvalue weighted by Gasteiger charge is 2.20. The van der Waals surface area contributed by atoms with Crippen LogP contribution in [0.2, 0.25) is 0 Å². The Bertz CT molecular complexity index is 1440. The van der Waals surface area contributed by atoms with Crippen molar-refractivity contribution >= 4 is 16.7 Å². The number of fused-ring (bicyclic) bond motifs is 1. The monoisotopic (exact) mass is 518 g/mol. The van der Waals surface area contributed by atoms with E-state index in [1.54, 1.807) is 30.3 Å². The molecule has 1 aromatic heterocycles. The molecule has 0 bridgehead atoms. The molecule has 1 aliphatic heterocycles. The molecule has 1 saturated heterocycles. The average Bonchev–Trinajstić information content (AvgIpc) is 2.89. The van der Waals surface area contributed by atoms with Crippen molar-refractivity contribution in [3.63, 3.8) is 0 Å². The molecule has 8 heteroatoms. The third kappa shape index (κ3) is 6.15. The van der Waals surface area contributed by atoms with E-state index in [9.17, 15) is 14.3 Å². The maximum Gasteiger partial charge on any atom is 0.235 e. The van der Waals surface area contributed by atoms with Gasteiger partial charge in [0, 0.05) is 44.5 Å². The second kappa shape index (κ2) is 11.2. The van der Waals surface area contributed by atoms with Crippen LogP contribution in [-0.2, 0) is 0 Å². The first-order valence-electron chi connectivity index (χ1n) is 12.7. The van der Waals surface area contributed by atoms with Crippen LogP contribution in [0.25, 0.3) is 11.0 Å². The minimum absolute atomic E-state index is 0.113. The first kappa shape index (κ1) is 25.8. The fraction of sp³-hybridized carbons (Fsp3) is 0.300. The lowest BCUT2D eigenvalue weighted by atomic mass is 10.1. The fourth-order valence-electron chi connectivity index (χ4n) is 4.75. The van der Waals surface area contributed by atoms with Crippen molar-refractivity contribution in [3.05, 3.63) is 94.1 Å². The average molecular weight is 519 g/mol. The minimum Gasteiger partial charge on any atom is -0.491 e. The number of hydrogen-bond acceptors (Lipinski definition) is 7. The maximum atomic E-state index is 13.2. The van der Waals surface area contributed by atoms with Gasteiger partial charge in [-0.05, 0) is 73.5 Å². The Balaban J connectivity index is 1.15. The van der Waals surface area contributed by atoms with Gasteiger partial charge in [0.15, 0.2) is 0 Å². The van der Waals surface area contributed by atoms with E-state index in [0.29, 0.717) is 29.0 Å². The molecule has 5 rings (SSSR count). The van der Waals surface area contributed by atoms with Crippen molar-refractivity contribution in [1.29, 1.82) is 0 Å². The van der Waals surface area contributed by atoms with Gasteiger partial charge >= 0.3 is 0 Å². The van der Waals surface area contributed by atoms with Crippen LogP contribution >= 0.6 is 0 Å². The predicted octanol–water partition coefficient (Wildman–Crippen LogP) is 4.90. The van der Waals surface area contributed by atoms with E-state index in [2.05, 4.69) is 9.80 Å². The summed E-state index contributed by atoms with van der Waals surface area (Å²) in [5, 5.41) is 10.9. The van der Waals surface area contributed by atoms with E-state index in [0.717, 1.165) is 43.0 Å². The van der Waals surface area contributed by atoms with Gasteiger partial charge in [0.25, 0.3) is 0 Å². The van der Waals surface area contributed by atoms with Gasteiger partial charge < -0.3 is 23.9 Å². The predicted molar refractivity (Wildman–Crippen MR) is 145 cm³/mol. The smallest absolute Gasteiger partial charge is 0.235 e. The number of aryl methyl sites for hydroxylation is 2. The quantitative estimate of drug-likeness (QED) is 0.356. The summed E-state index contributed by atoms with van der Waals surface area (Å²) in [6.45, 7) is 7.73. The van der Waals surface area contributed by atoms with E-state index in [4.69, 9.17) is 13.9 Å². The molecular weight excluding hydrogens is 487 g/mol. The van der Waals surface area contributed by atoms with Gasteiger partial charge in [-0.25, -0.2) is 4.39 Å². The Morgan fingerprint density at radius 1 is 0.947 bits per heavy atom. The van der Waals surface area contributed by atoms with Crippen LogP contribution in [0.15, 0.2) is 76.1 Å². The summed E-state index contributed by atoms with van der Waals surface area (Å²) in [7, 11) is 0. The Morgan fingerprint density at radius 3 is 2.37 bits per heavy atom. The van der Waals surface area contributed by atoms with Crippen LogP contribution < -0.4 is 19.8 Å². The van der Waals surface area contributed by atoms with Gasteiger partial charge in [0.05, 0.1) is 5.39 Å². The Morgan fingerprint density at radius 2 is 1.66 bits per heavy atom. The van der Waals surface area contributed by atoms with E-state index < -0.39 is 6.10 Å². The molecule has 198 valence electrons. The number of ether oxygens (including phenoxy) is 2. The van der Waals surface area contributed by atoms with Gasteiger partial charge in [-0.2, -0.15) is 0 Å². The van der Waals surface area contributed by atoms with Crippen molar-refractivity contribution in [3.8, 4) is 17.2 Å². The van der Waals surface area contributed by atoms with Gasteiger partial charge in [-0.3, -0.25) is 9.69 Å². The summed E-state index contributed by atoms with van der Waals surface area (Å²) in [5.41, 5.74) is 3.20. The second-order valence-electron chi connectivity index (χ2n) is 9.74. The molecule has 0 radical (unpaired) electrons. The van der Waals surface area contributed by atoms with Crippen LogP contribution in [0.5, 0.6) is 17.2 Å². The molecule has 1 fully saturated rings. The normalized spacial score (nSPS) is 15.0. The van der Waals surface area contributed by atoms with Crippen molar-refractivity contribution in [1.82, 2.24) is 4.90 Å². The van der Waals surface area contributed by atoms with Crippen molar-refractivity contribution < 1.29 is 23.4 Å². The number of β-amino-alcohol motifs (C(OH)–C–C–N with tert-alkyl or cyclic N) is 1. The molecule has 0 saturated carbocycles. The van der Waals surface area contributed by atoms with Crippen LogP contribution in [0.1, 0.15) is 11.1 Å². The first-order valence-corrected chi connectivity index (χ1v) is 12.7. The lowest BCUT2D eigenvalue weighted by Gasteiger charge is -2.36. The van der Waals surface area contributed by atoms with Gasteiger partial charge in [-0.15, -0.1) is 0 Å². The molecule has 0 amide bonds. The largest absolute Gasteiger partial charge is 0.491 e. The Labute approximate surface area is 220 Å². The van der Waals surface area contributed by atoms with Crippen molar-refractivity contribution in [2.24, 2.45) is 0 Å². The van der Waals surface area contributed by atoms with Gasteiger partial charge in [-0.1, -0.05) is 6.07 Å². The molecule has 4 aromatic rings. The third-order valence-electron chi connectivity index (χ3n) is 6.61. The van der Waals surface area contributed by atoms with Crippen molar-refractivity contribution in [2.45, 2.75) is 20.0 Å². The number of nitrogens with zero attached hydrogens (tertiary/aromatic N) is 2. The summed E-state index contributed by atoms with van der Waals surface area (Å²) >= 11 is 0. The van der Waals surface area contributed by atoms with E-state index in [1.807, 2.05) is 32.0 Å². The number of aliphatic hydroxyl groups is 1. The molecule has 7 nitrogen and oxygen atoms in total. The summed E-state index contributed by atoms with van der Waals surface area (Å²) in [6.07, 6.45) is 0.635. The molecule has 0 aliphatic carbocycles. The molecule has 1 aliphatic rings. The highest BCUT2D eigenvalue weighted by Crippen LogP contribution is 2.25. The third-order valence-corrected chi connectivity index (χ3v) is 6.61. The van der Waals surface area contributed by atoms with Crippen LogP contribution in [0, 0.1) is 19.7 Å². The summed E-state index contributed by atoms with van der Waals surface area (Å²) in [5.74, 6) is 0.964. The molecule has 0 spiro atoms. The van der Waals surface area contributed by atoms with Crippen LogP contribution in [-0.4, -0.2) is 55.4 Å². The lowest BCUT2D eigenvalue weighted by Crippen LogP contribution is -2.49. The van der Waals surface area contributed by atoms with E-state index >= 15 is 0 Å². The number of aliphatic hydroxyl groups excluding tert-OH is 1. The SMILES string of the molecule is Cc1cc(C)cc(Oc2coc3cc(OC[C@H](O)CN4CCN(c5ccc(F)cc5)CC4)ccc3c2=O)c1. The van der Waals surface area contributed by atoms with Crippen LogP contribution in [0.3, 0.4) is 0 Å². The first-order chi connectivity index (χ1) is 18.3. The zero-order valence-electron chi connectivity index (χ0n) is 21.5. The molecular formula is C30H31FN2O5. The molecule has 38 heavy (non-hydrogen) atoms. The molecule has 3 aromatic carbocycles. The maximum absolute atomic E-state index is 13.2. The molecule has 1 N–H and O–H groups in total. The van der Waals surface area contributed by atoms with Crippen LogP contribution in [0.4, 0.5) is 10.1 Å². The van der Waals surface area contributed by atoms with Gasteiger partial charge in [0.2, 0.25) is 11.2 Å². The highest BCUT2D eigenvalue weighted by molar-refractivity contribution is 5.79. The lowest BCUT2D eigenvalue weighted by molar-refractivity contribution is 0.0663. The number of anilines is 1. The number of halogens is 1. The molecule has 1 atom stereocenters. The number of hydrogen-bond donors (Lipinski definition) is 1. The second-order valence-corrected chi connectivity index (χ2v) is 9.74. The number of benzene rings is 3. The minimum atomic E-state index is -0.677. The topological polar surface area (TPSA) is 75.4 Å². The highest BCUT2D eigenvalue weighted by atomic mass is 19.1. The molecule has 0 unspecified atom stereocenters. The standard InChI is InChI=1S/C30H31FN2O5/c1-20-13-21(2)15-26(14-20)38-29-19-37-28-16-25(7-8-27(28)30(29)35)36-18-24(34)17-32-9-11-33(12-10-32)23-5-3-22(31)4-6-23/h3-8,13-16,19,24,34H,9-12,17-18H2,1-2H3/t24-/m1/s1. The Kier molecular flexibility index (Phi) is 7.62. The molecule has 2 heterocycles. The summed E-state index contributed by atoms with van der Waals surface area (Å²) in [6, 6.07) is 17.3. The fourth-order valence-corrected chi connectivity index (χ4v) is 4.75. The van der Waals surface area contributed by atoms with E-state index in [-0.39, 0.29) is 23.6 Å². The van der Waals surface area contributed by atoms with E-state index in [1.165, 1.54) is 18.4 Å². The number of piperazine rings is 1. The number of rotatable bonds is 8. The zero-order chi connectivity index (χ0) is 26.6. The zero-order valence-corrected chi connectivity index (χ0v) is 21.5. The summed E-state index contributed by atoms with van der Waals surface area (Å²) < 4.78 is 30.4. The Hall–Kier alpha value is -3.88. The van der Waals surface area contributed by atoms with Gasteiger partial charge in [0.1, 0.15) is 41.9 Å². The van der Waals surface area contributed by atoms with Crippen molar-refractivity contribution in [2.75, 3.05) is 44.2 Å².